The van der Waals surface area contributed by atoms with Gasteiger partial charge in [-0.2, -0.15) is 13.2 Å². The van der Waals surface area contributed by atoms with E-state index in [4.69, 9.17) is 4.74 Å². The van der Waals surface area contributed by atoms with E-state index in [1.807, 2.05) is 6.92 Å². The number of alkyl halides is 3. The number of hydrogen-bond acceptors (Lipinski definition) is 2. The van der Waals surface area contributed by atoms with Gasteiger partial charge >= 0.3 is 6.18 Å². The van der Waals surface area contributed by atoms with Crippen molar-refractivity contribution in [3.63, 3.8) is 0 Å². The molecule has 0 N–H and O–H groups in total. The maximum atomic E-state index is 12.3. The van der Waals surface area contributed by atoms with Crippen LogP contribution >= 0.6 is 0 Å². The zero-order valence-electron chi connectivity index (χ0n) is 10.5. The van der Waals surface area contributed by atoms with Crippen molar-refractivity contribution in [2.75, 3.05) is 26.3 Å². The van der Waals surface area contributed by atoms with E-state index in [-0.39, 0.29) is 6.54 Å². The van der Waals surface area contributed by atoms with Crippen molar-refractivity contribution in [2.24, 2.45) is 5.92 Å². The van der Waals surface area contributed by atoms with Crippen LogP contribution in [0.15, 0.2) is 0 Å². The van der Waals surface area contributed by atoms with E-state index in [1.54, 1.807) is 13.8 Å². The molecule has 0 saturated carbocycles. The molecule has 17 heavy (non-hydrogen) atoms. The van der Waals surface area contributed by atoms with Gasteiger partial charge in [0.15, 0.2) is 0 Å². The van der Waals surface area contributed by atoms with Gasteiger partial charge in [-0.25, -0.2) is 0 Å². The minimum atomic E-state index is -4.35. The largest absolute Gasteiger partial charge is 0.406 e. The lowest BCUT2D eigenvalue weighted by Crippen LogP contribution is -2.41. The fourth-order valence-corrected chi connectivity index (χ4v) is 1.35. The average molecular weight is 255 g/mol. The van der Waals surface area contributed by atoms with Gasteiger partial charge < -0.3 is 9.64 Å². The minimum absolute atomic E-state index is 0.0799. The molecule has 0 radical (unpaired) electrons. The molecular weight excluding hydrogens is 235 g/mol. The lowest BCUT2D eigenvalue weighted by Gasteiger charge is -2.25. The van der Waals surface area contributed by atoms with Crippen LogP contribution < -0.4 is 0 Å². The van der Waals surface area contributed by atoms with Crippen LogP contribution in [0.2, 0.25) is 0 Å². The fourth-order valence-electron chi connectivity index (χ4n) is 1.35. The molecule has 102 valence electrons. The Morgan fingerprint density at radius 3 is 2.35 bits per heavy atom. The second-order valence-electron chi connectivity index (χ2n) is 4.08. The summed E-state index contributed by atoms with van der Waals surface area (Å²) in [5.41, 5.74) is 0. The van der Waals surface area contributed by atoms with E-state index >= 15 is 0 Å². The molecule has 0 aromatic rings. The topological polar surface area (TPSA) is 29.5 Å². The Kier molecular flexibility index (Phi) is 7.18. The highest BCUT2D eigenvalue weighted by Gasteiger charge is 2.33. The molecule has 0 bridgehead atoms. The van der Waals surface area contributed by atoms with E-state index in [1.165, 1.54) is 0 Å². The van der Waals surface area contributed by atoms with Gasteiger partial charge in [-0.05, 0) is 13.3 Å². The highest BCUT2D eigenvalue weighted by atomic mass is 19.4. The number of nitrogens with zero attached hydrogens (tertiary/aromatic N) is 1. The Morgan fingerprint density at radius 2 is 1.94 bits per heavy atom. The number of ether oxygens (including phenoxy) is 1. The van der Waals surface area contributed by atoms with Gasteiger partial charge in [0.05, 0.1) is 0 Å². The summed E-state index contributed by atoms with van der Waals surface area (Å²) in [5.74, 6) is -0.900. The maximum Gasteiger partial charge on any atom is 0.406 e. The molecule has 0 atom stereocenters. The quantitative estimate of drug-likeness (QED) is 0.654. The molecule has 1 amide bonds. The number of hydrogen-bond donors (Lipinski definition) is 0. The SMILES string of the molecule is CCOCCCN(CC(F)(F)F)C(=O)C(C)C. The molecule has 0 spiro atoms. The van der Waals surface area contributed by atoms with E-state index in [0.717, 1.165) is 4.90 Å². The first-order valence-corrected chi connectivity index (χ1v) is 5.71. The average Bonchev–Trinajstić information content (AvgIpc) is 2.19. The molecular formula is C11H20F3NO2. The second kappa shape index (κ2) is 7.53. The molecule has 0 unspecified atom stereocenters. The van der Waals surface area contributed by atoms with E-state index < -0.39 is 24.5 Å². The van der Waals surface area contributed by atoms with Crippen molar-refractivity contribution >= 4 is 5.91 Å². The predicted octanol–water partition coefficient (Wildman–Crippen LogP) is 2.46. The fraction of sp³-hybridized carbons (Fsp3) is 0.909. The summed E-state index contributed by atoms with van der Waals surface area (Å²) in [6.45, 7) is 4.79. The third-order valence-electron chi connectivity index (χ3n) is 2.10. The molecule has 0 aromatic heterocycles. The van der Waals surface area contributed by atoms with Crippen molar-refractivity contribution < 1.29 is 22.7 Å². The summed E-state index contributed by atoms with van der Waals surface area (Å²) in [5, 5.41) is 0. The van der Waals surface area contributed by atoms with Gasteiger partial charge in [0.25, 0.3) is 0 Å². The number of carbonyl (C=O) groups is 1. The van der Waals surface area contributed by atoms with Crippen LogP contribution in [0, 0.1) is 5.92 Å². The van der Waals surface area contributed by atoms with Gasteiger partial charge in [-0.15, -0.1) is 0 Å². The van der Waals surface area contributed by atoms with Gasteiger partial charge in [0, 0.05) is 25.7 Å². The Labute approximate surface area is 99.9 Å². The summed E-state index contributed by atoms with van der Waals surface area (Å²) < 4.78 is 41.9. The van der Waals surface area contributed by atoms with Crippen molar-refractivity contribution in [2.45, 2.75) is 33.4 Å². The number of halogens is 3. The zero-order chi connectivity index (χ0) is 13.5. The van der Waals surface area contributed by atoms with Gasteiger partial charge in [0.1, 0.15) is 6.54 Å². The minimum Gasteiger partial charge on any atom is -0.382 e. The Bertz CT molecular complexity index is 229. The van der Waals surface area contributed by atoms with Crippen LogP contribution in [-0.2, 0) is 9.53 Å². The third-order valence-corrected chi connectivity index (χ3v) is 2.10. The highest BCUT2D eigenvalue weighted by Crippen LogP contribution is 2.18. The van der Waals surface area contributed by atoms with Crippen LogP contribution in [-0.4, -0.2) is 43.3 Å². The van der Waals surface area contributed by atoms with Crippen molar-refractivity contribution in [1.82, 2.24) is 4.90 Å². The van der Waals surface area contributed by atoms with Crippen molar-refractivity contribution in [1.29, 1.82) is 0 Å². The van der Waals surface area contributed by atoms with Gasteiger partial charge in [-0.1, -0.05) is 13.8 Å². The smallest absolute Gasteiger partial charge is 0.382 e. The molecule has 0 aliphatic carbocycles. The van der Waals surface area contributed by atoms with Crippen LogP contribution in [0.4, 0.5) is 13.2 Å². The number of rotatable bonds is 7. The first kappa shape index (κ1) is 16.2. The van der Waals surface area contributed by atoms with Gasteiger partial charge in [-0.3, -0.25) is 4.79 Å². The first-order valence-electron chi connectivity index (χ1n) is 5.71. The van der Waals surface area contributed by atoms with Crippen LogP contribution in [0.25, 0.3) is 0 Å². The maximum absolute atomic E-state index is 12.3. The lowest BCUT2D eigenvalue weighted by molar-refractivity contribution is -0.163. The summed E-state index contributed by atoms with van der Waals surface area (Å²) in [4.78, 5) is 12.4. The van der Waals surface area contributed by atoms with Crippen molar-refractivity contribution in [3.05, 3.63) is 0 Å². The Balaban J connectivity index is 4.26. The second-order valence-corrected chi connectivity index (χ2v) is 4.08. The van der Waals surface area contributed by atoms with E-state index in [0.29, 0.717) is 19.6 Å². The Morgan fingerprint density at radius 1 is 1.35 bits per heavy atom. The Hall–Kier alpha value is -0.780. The monoisotopic (exact) mass is 255 g/mol. The molecule has 6 heteroatoms. The number of carbonyl (C=O) groups excluding carboxylic acids is 1. The zero-order valence-corrected chi connectivity index (χ0v) is 10.5. The summed E-state index contributed by atoms with van der Waals surface area (Å²) >= 11 is 0. The first-order chi connectivity index (χ1) is 7.78. The third kappa shape index (κ3) is 8.01. The molecule has 0 aliphatic rings. The van der Waals surface area contributed by atoms with Gasteiger partial charge in [0.2, 0.25) is 5.91 Å². The van der Waals surface area contributed by atoms with E-state index in [2.05, 4.69) is 0 Å². The molecule has 0 aliphatic heterocycles. The molecule has 0 fully saturated rings. The van der Waals surface area contributed by atoms with E-state index in [9.17, 15) is 18.0 Å². The summed E-state index contributed by atoms with van der Waals surface area (Å²) in [6.07, 6.45) is -3.93. The standard InChI is InChI=1S/C11H20F3NO2/c1-4-17-7-5-6-15(8-11(12,13)14)10(16)9(2)3/h9H,4-8H2,1-3H3. The summed E-state index contributed by atoms with van der Waals surface area (Å²) in [6, 6.07) is 0. The normalized spacial score (nSPS) is 11.9. The molecule has 0 saturated heterocycles. The molecule has 0 aromatic carbocycles. The van der Waals surface area contributed by atoms with Crippen LogP contribution in [0.5, 0.6) is 0 Å². The van der Waals surface area contributed by atoms with Crippen LogP contribution in [0.1, 0.15) is 27.2 Å². The molecule has 0 heterocycles. The number of amides is 1. The predicted molar refractivity (Wildman–Crippen MR) is 58.6 cm³/mol. The summed E-state index contributed by atoms with van der Waals surface area (Å²) in [7, 11) is 0. The molecule has 3 nitrogen and oxygen atoms in total. The van der Waals surface area contributed by atoms with Crippen LogP contribution in [0.3, 0.4) is 0 Å². The van der Waals surface area contributed by atoms with Crippen molar-refractivity contribution in [3.8, 4) is 0 Å². The molecule has 0 rings (SSSR count). The lowest BCUT2D eigenvalue weighted by atomic mass is 10.2. The highest BCUT2D eigenvalue weighted by molar-refractivity contribution is 5.78.